The molecule has 0 aromatic carbocycles. The predicted octanol–water partition coefficient (Wildman–Crippen LogP) is 1.87. The number of pyridine rings is 1. The lowest BCUT2D eigenvalue weighted by Gasteiger charge is -2.36. The molecule has 0 radical (unpaired) electrons. The van der Waals surface area contributed by atoms with Crippen LogP contribution in [0.3, 0.4) is 0 Å². The van der Waals surface area contributed by atoms with Crippen molar-refractivity contribution in [3.8, 4) is 0 Å². The molecule has 1 unspecified atom stereocenters. The van der Waals surface area contributed by atoms with E-state index in [1.807, 2.05) is 29.4 Å². The van der Waals surface area contributed by atoms with Gasteiger partial charge < -0.3 is 14.6 Å². The summed E-state index contributed by atoms with van der Waals surface area (Å²) in [6, 6.07) is 8.63. The topological polar surface area (TPSA) is 78.7 Å². The minimum Gasteiger partial charge on any atom is -0.459 e. The molecule has 3 rings (SSSR count). The Morgan fingerprint density at radius 2 is 2.04 bits per heavy atom. The van der Waals surface area contributed by atoms with E-state index in [-0.39, 0.29) is 17.6 Å². The van der Waals surface area contributed by atoms with Gasteiger partial charge in [-0.3, -0.25) is 19.5 Å². The van der Waals surface area contributed by atoms with Gasteiger partial charge in [-0.1, -0.05) is 6.07 Å². The highest BCUT2D eigenvalue weighted by atomic mass is 32.2. The molecule has 2 aromatic heterocycles. The monoisotopic (exact) mass is 402 g/mol. The van der Waals surface area contributed by atoms with Gasteiger partial charge in [-0.25, -0.2) is 0 Å². The van der Waals surface area contributed by atoms with Crippen LogP contribution in [0, 0.1) is 0 Å². The molecule has 150 valence electrons. The number of aromatic nitrogens is 1. The number of hydrogen-bond donors (Lipinski definition) is 1. The van der Waals surface area contributed by atoms with E-state index < -0.39 is 6.04 Å². The molecule has 1 fully saturated rings. The van der Waals surface area contributed by atoms with Gasteiger partial charge >= 0.3 is 0 Å². The van der Waals surface area contributed by atoms with Gasteiger partial charge in [-0.05, 0) is 42.7 Å². The molecule has 1 saturated heterocycles. The van der Waals surface area contributed by atoms with Crippen LogP contribution < -0.4 is 5.32 Å². The summed E-state index contributed by atoms with van der Waals surface area (Å²) in [6.07, 6.45) is 5.84. The minimum atomic E-state index is -0.535. The Hall–Kier alpha value is -2.32. The van der Waals surface area contributed by atoms with Gasteiger partial charge in [-0.2, -0.15) is 11.8 Å². The molecule has 2 aromatic rings. The van der Waals surface area contributed by atoms with Crippen LogP contribution in [0.1, 0.15) is 22.7 Å². The van der Waals surface area contributed by atoms with Gasteiger partial charge in [0.05, 0.1) is 12.0 Å². The molecule has 1 N–H and O–H groups in total. The number of carbonyl (C=O) groups excluding carboxylic acids is 2. The van der Waals surface area contributed by atoms with Crippen LogP contribution in [0.2, 0.25) is 0 Å². The van der Waals surface area contributed by atoms with Crippen LogP contribution in [-0.2, 0) is 11.3 Å². The Kier molecular flexibility index (Phi) is 7.50. The predicted molar refractivity (Wildman–Crippen MR) is 109 cm³/mol. The van der Waals surface area contributed by atoms with Crippen molar-refractivity contribution in [1.29, 1.82) is 0 Å². The number of hydrogen-bond acceptors (Lipinski definition) is 6. The smallest absolute Gasteiger partial charge is 0.287 e. The fraction of sp³-hybridized carbons (Fsp3) is 0.450. The van der Waals surface area contributed by atoms with Crippen LogP contribution in [0.25, 0.3) is 0 Å². The summed E-state index contributed by atoms with van der Waals surface area (Å²) in [7, 11) is 0. The van der Waals surface area contributed by atoms with Crippen LogP contribution in [-0.4, -0.2) is 70.8 Å². The first-order valence-electron chi connectivity index (χ1n) is 9.41. The fourth-order valence-electron chi connectivity index (χ4n) is 3.20. The molecule has 1 atom stereocenters. The van der Waals surface area contributed by atoms with Crippen molar-refractivity contribution in [2.45, 2.75) is 19.0 Å². The highest BCUT2D eigenvalue weighted by molar-refractivity contribution is 7.98. The molecular formula is C20H26N4O3S. The molecule has 0 bridgehead atoms. The lowest BCUT2D eigenvalue weighted by atomic mass is 10.1. The van der Waals surface area contributed by atoms with E-state index in [9.17, 15) is 9.59 Å². The molecule has 8 heteroatoms. The molecule has 1 aliphatic rings. The van der Waals surface area contributed by atoms with Gasteiger partial charge in [0.15, 0.2) is 5.76 Å². The van der Waals surface area contributed by atoms with E-state index in [4.69, 9.17) is 4.42 Å². The van der Waals surface area contributed by atoms with Crippen LogP contribution in [0.4, 0.5) is 0 Å². The first kappa shape index (κ1) is 20.4. The van der Waals surface area contributed by atoms with Gasteiger partial charge in [0.1, 0.15) is 6.04 Å². The summed E-state index contributed by atoms with van der Waals surface area (Å²) in [6.45, 7) is 3.68. The maximum atomic E-state index is 13.0. The Labute approximate surface area is 169 Å². The van der Waals surface area contributed by atoms with Crippen LogP contribution in [0.15, 0.2) is 47.2 Å². The second kappa shape index (κ2) is 10.3. The van der Waals surface area contributed by atoms with E-state index in [0.29, 0.717) is 19.5 Å². The third-order valence-electron chi connectivity index (χ3n) is 4.75. The third-order valence-corrected chi connectivity index (χ3v) is 5.40. The lowest BCUT2D eigenvalue weighted by Crippen LogP contribution is -2.55. The summed E-state index contributed by atoms with van der Waals surface area (Å²) >= 11 is 1.66. The summed E-state index contributed by atoms with van der Waals surface area (Å²) in [5.74, 6) is 0.654. The Bertz CT molecular complexity index is 746. The average molecular weight is 403 g/mol. The van der Waals surface area contributed by atoms with Crippen molar-refractivity contribution in [3.63, 3.8) is 0 Å². The van der Waals surface area contributed by atoms with Crippen LogP contribution in [0.5, 0.6) is 0 Å². The summed E-state index contributed by atoms with van der Waals surface area (Å²) < 4.78 is 5.14. The SMILES string of the molecule is CSCCC(NC(=O)c1ccco1)C(=O)N1CCN(Cc2ccccn2)CC1. The normalized spacial score (nSPS) is 16.0. The summed E-state index contributed by atoms with van der Waals surface area (Å²) in [5, 5.41) is 2.84. The number of piperazine rings is 1. The average Bonchev–Trinajstić information content (AvgIpc) is 3.27. The summed E-state index contributed by atoms with van der Waals surface area (Å²) in [5.41, 5.74) is 1.03. The largest absolute Gasteiger partial charge is 0.459 e. The van der Waals surface area contributed by atoms with E-state index in [2.05, 4.69) is 15.2 Å². The number of nitrogens with one attached hydrogen (secondary N) is 1. The maximum Gasteiger partial charge on any atom is 0.287 e. The quantitative estimate of drug-likeness (QED) is 0.726. The molecule has 3 heterocycles. The Balaban J connectivity index is 1.54. The molecule has 28 heavy (non-hydrogen) atoms. The number of thioether (sulfide) groups is 1. The van der Waals surface area contributed by atoms with Gasteiger partial charge in [0.2, 0.25) is 5.91 Å². The summed E-state index contributed by atoms with van der Waals surface area (Å²) in [4.78, 5) is 33.8. The van der Waals surface area contributed by atoms with Crippen molar-refractivity contribution in [3.05, 3.63) is 54.2 Å². The Morgan fingerprint density at radius 3 is 2.68 bits per heavy atom. The molecule has 7 nitrogen and oxygen atoms in total. The van der Waals surface area contributed by atoms with E-state index in [1.54, 1.807) is 30.1 Å². The molecular weight excluding hydrogens is 376 g/mol. The van der Waals surface area contributed by atoms with Crippen molar-refractivity contribution < 1.29 is 14.0 Å². The number of nitrogens with zero attached hydrogens (tertiary/aromatic N) is 3. The molecule has 0 aliphatic carbocycles. The molecule has 0 spiro atoms. The number of furan rings is 1. The fourth-order valence-corrected chi connectivity index (χ4v) is 3.67. The molecule has 0 saturated carbocycles. The second-order valence-corrected chi connectivity index (χ2v) is 7.69. The number of rotatable bonds is 8. The zero-order valence-corrected chi connectivity index (χ0v) is 16.9. The minimum absolute atomic E-state index is 0.0218. The van der Waals surface area contributed by atoms with Gasteiger partial charge in [-0.15, -0.1) is 0 Å². The molecule has 2 amide bonds. The molecule has 1 aliphatic heterocycles. The Morgan fingerprint density at radius 1 is 1.21 bits per heavy atom. The van der Waals surface area contributed by atoms with E-state index in [0.717, 1.165) is 31.1 Å². The number of carbonyl (C=O) groups is 2. The zero-order valence-electron chi connectivity index (χ0n) is 16.0. The van der Waals surface area contributed by atoms with Crippen molar-refractivity contribution >= 4 is 23.6 Å². The van der Waals surface area contributed by atoms with Crippen molar-refractivity contribution in [2.24, 2.45) is 0 Å². The first-order valence-corrected chi connectivity index (χ1v) is 10.8. The van der Waals surface area contributed by atoms with Gasteiger partial charge in [0.25, 0.3) is 5.91 Å². The van der Waals surface area contributed by atoms with Crippen LogP contribution >= 0.6 is 11.8 Å². The lowest BCUT2D eigenvalue weighted by molar-refractivity contribution is -0.135. The highest BCUT2D eigenvalue weighted by Gasteiger charge is 2.29. The maximum absolute atomic E-state index is 13.0. The highest BCUT2D eigenvalue weighted by Crippen LogP contribution is 2.11. The van der Waals surface area contributed by atoms with Gasteiger partial charge in [0, 0.05) is 38.9 Å². The third kappa shape index (κ3) is 5.59. The first-order chi connectivity index (χ1) is 13.7. The number of amides is 2. The van der Waals surface area contributed by atoms with E-state index in [1.165, 1.54) is 6.26 Å². The zero-order chi connectivity index (χ0) is 19.8. The van der Waals surface area contributed by atoms with Crippen molar-refractivity contribution in [2.75, 3.05) is 38.2 Å². The van der Waals surface area contributed by atoms with E-state index >= 15 is 0 Å². The second-order valence-electron chi connectivity index (χ2n) is 6.71. The van der Waals surface area contributed by atoms with Crippen molar-refractivity contribution in [1.82, 2.24) is 20.1 Å². The standard InChI is InChI=1S/C20H26N4O3S/c1-28-14-7-17(22-19(25)18-6-4-13-27-18)20(26)24-11-9-23(10-12-24)15-16-5-2-3-8-21-16/h2-6,8,13,17H,7,9-12,14-15H2,1H3,(H,22,25).